The first kappa shape index (κ1) is 14.0. The van der Waals surface area contributed by atoms with Gasteiger partial charge >= 0.3 is 11.9 Å². The summed E-state index contributed by atoms with van der Waals surface area (Å²) < 4.78 is 0. The predicted molar refractivity (Wildman–Crippen MR) is 69.2 cm³/mol. The Bertz CT molecular complexity index is 513. The van der Waals surface area contributed by atoms with Crippen LogP contribution in [0, 0.1) is 5.92 Å². The monoisotopic (exact) mass is 277 g/mol. The van der Waals surface area contributed by atoms with Gasteiger partial charge in [0.05, 0.1) is 0 Å². The van der Waals surface area contributed by atoms with E-state index in [4.69, 9.17) is 10.2 Å². The molecule has 0 spiro atoms. The molecule has 106 valence electrons. The number of aliphatic carboxylic acids is 2. The van der Waals surface area contributed by atoms with Gasteiger partial charge in [0.25, 0.3) is 0 Å². The van der Waals surface area contributed by atoms with E-state index in [0.717, 1.165) is 16.0 Å². The summed E-state index contributed by atoms with van der Waals surface area (Å²) in [6.45, 7) is -1.17. The Hall–Kier alpha value is -2.37. The lowest BCUT2D eigenvalue weighted by Gasteiger charge is -2.22. The molecule has 0 saturated carbocycles. The second-order valence-corrected chi connectivity index (χ2v) is 4.86. The van der Waals surface area contributed by atoms with Crippen molar-refractivity contribution >= 4 is 17.8 Å². The van der Waals surface area contributed by atoms with E-state index in [1.54, 1.807) is 0 Å². The van der Waals surface area contributed by atoms with Crippen LogP contribution < -0.4 is 0 Å². The number of hydrogen-bond donors (Lipinski definition) is 2. The zero-order valence-corrected chi connectivity index (χ0v) is 10.8. The smallest absolute Gasteiger partial charge is 0.323 e. The van der Waals surface area contributed by atoms with E-state index in [0.29, 0.717) is 12.8 Å². The van der Waals surface area contributed by atoms with Crippen molar-refractivity contribution in [3.05, 3.63) is 35.4 Å². The van der Waals surface area contributed by atoms with E-state index < -0.39 is 30.9 Å². The molecule has 0 atom stereocenters. The van der Waals surface area contributed by atoms with Gasteiger partial charge < -0.3 is 15.1 Å². The highest BCUT2D eigenvalue weighted by molar-refractivity contribution is 5.87. The Morgan fingerprint density at radius 2 is 1.45 bits per heavy atom. The third-order valence-electron chi connectivity index (χ3n) is 3.36. The number of carboxylic acid groups (broad SMARTS) is 2. The lowest BCUT2D eigenvalue weighted by atomic mass is 10.0. The van der Waals surface area contributed by atoms with Crippen LogP contribution in [0.3, 0.4) is 0 Å². The van der Waals surface area contributed by atoms with Gasteiger partial charge in [-0.05, 0) is 24.0 Å². The van der Waals surface area contributed by atoms with Crippen LogP contribution in [-0.2, 0) is 27.2 Å². The Balaban J connectivity index is 2.09. The molecule has 0 aromatic heterocycles. The summed E-state index contributed by atoms with van der Waals surface area (Å²) in [5.41, 5.74) is 2.13. The van der Waals surface area contributed by atoms with Crippen molar-refractivity contribution in [2.24, 2.45) is 5.92 Å². The Morgan fingerprint density at radius 3 is 1.85 bits per heavy atom. The summed E-state index contributed by atoms with van der Waals surface area (Å²) in [7, 11) is 0. The van der Waals surface area contributed by atoms with Crippen molar-refractivity contribution in [3.8, 4) is 0 Å². The molecule has 1 aliphatic carbocycles. The summed E-state index contributed by atoms with van der Waals surface area (Å²) in [6, 6.07) is 7.64. The zero-order valence-electron chi connectivity index (χ0n) is 10.8. The SMILES string of the molecule is O=C(O)CN(CC(=O)O)C(=O)C1Cc2ccccc2C1. The molecule has 0 saturated heterocycles. The summed E-state index contributed by atoms with van der Waals surface area (Å²) in [5.74, 6) is -3.21. The van der Waals surface area contributed by atoms with Crippen LogP contribution in [0.4, 0.5) is 0 Å². The number of amides is 1. The number of nitrogens with zero attached hydrogens (tertiary/aromatic N) is 1. The maximum Gasteiger partial charge on any atom is 0.323 e. The van der Waals surface area contributed by atoms with E-state index in [1.807, 2.05) is 24.3 Å². The van der Waals surface area contributed by atoms with Crippen LogP contribution in [0.5, 0.6) is 0 Å². The van der Waals surface area contributed by atoms with E-state index in [2.05, 4.69) is 0 Å². The molecule has 0 unspecified atom stereocenters. The van der Waals surface area contributed by atoms with Crippen molar-refractivity contribution in [2.75, 3.05) is 13.1 Å². The molecule has 1 aromatic rings. The number of carbonyl (C=O) groups is 3. The number of hydrogen-bond acceptors (Lipinski definition) is 3. The normalized spacial score (nSPS) is 13.8. The maximum atomic E-state index is 12.3. The second kappa shape index (κ2) is 5.73. The first-order valence-electron chi connectivity index (χ1n) is 6.26. The highest BCUT2D eigenvalue weighted by Crippen LogP contribution is 2.27. The lowest BCUT2D eigenvalue weighted by Crippen LogP contribution is -2.42. The minimum absolute atomic E-state index is 0.369. The predicted octanol–water partition coefficient (Wildman–Crippen LogP) is 0.399. The largest absolute Gasteiger partial charge is 0.480 e. The van der Waals surface area contributed by atoms with Crippen molar-refractivity contribution in [3.63, 3.8) is 0 Å². The lowest BCUT2D eigenvalue weighted by molar-refractivity contribution is -0.151. The minimum Gasteiger partial charge on any atom is -0.480 e. The number of carboxylic acids is 2. The summed E-state index contributed by atoms with van der Waals surface area (Å²) in [6.07, 6.45) is 1.06. The number of carbonyl (C=O) groups excluding carboxylic acids is 1. The molecule has 6 nitrogen and oxygen atoms in total. The summed E-state index contributed by atoms with van der Waals surface area (Å²) in [4.78, 5) is 34.7. The fraction of sp³-hybridized carbons (Fsp3) is 0.357. The maximum absolute atomic E-state index is 12.3. The molecule has 0 heterocycles. The Labute approximate surface area is 115 Å². The molecule has 0 aliphatic heterocycles. The summed E-state index contributed by atoms with van der Waals surface area (Å²) >= 11 is 0. The Kier molecular flexibility index (Phi) is 4.02. The highest BCUT2D eigenvalue weighted by Gasteiger charge is 2.32. The van der Waals surface area contributed by atoms with Crippen molar-refractivity contribution in [1.29, 1.82) is 0 Å². The third-order valence-corrected chi connectivity index (χ3v) is 3.36. The molecule has 0 radical (unpaired) electrons. The van der Waals surface area contributed by atoms with E-state index in [-0.39, 0.29) is 5.92 Å². The molecule has 0 fully saturated rings. The van der Waals surface area contributed by atoms with Gasteiger partial charge in [-0.3, -0.25) is 14.4 Å². The number of rotatable bonds is 5. The molecule has 0 bridgehead atoms. The average Bonchev–Trinajstić information content (AvgIpc) is 2.79. The third kappa shape index (κ3) is 3.14. The topological polar surface area (TPSA) is 94.9 Å². The molecule has 1 aromatic carbocycles. The highest BCUT2D eigenvalue weighted by atomic mass is 16.4. The van der Waals surface area contributed by atoms with Crippen LogP contribution in [0.1, 0.15) is 11.1 Å². The van der Waals surface area contributed by atoms with Crippen LogP contribution in [0.2, 0.25) is 0 Å². The fourth-order valence-corrected chi connectivity index (χ4v) is 2.53. The quantitative estimate of drug-likeness (QED) is 0.812. The second-order valence-electron chi connectivity index (χ2n) is 4.86. The Morgan fingerprint density at radius 1 is 1.00 bits per heavy atom. The van der Waals surface area contributed by atoms with E-state index in [9.17, 15) is 14.4 Å². The van der Waals surface area contributed by atoms with Crippen molar-refractivity contribution in [1.82, 2.24) is 4.90 Å². The van der Waals surface area contributed by atoms with Crippen LogP contribution in [0.15, 0.2) is 24.3 Å². The van der Waals surface area contributed by atoms with Crippen molar-refractivity contribution in [2.45, 2.75) is 12.8 Å². The first-order valence-corrected chi connectivity index (χ1v) is 6.26. The molecule has 2 N–H and O–H groups in total. The number of fused-ring (bicyclic) bond motifs is 1. The van der Waals surface area contributed by atoms with Gasteiger partial charge in [0.15, 0.2) is 0 Å². The van der Waals surface area contributed by atoms with Crippen LogP contribution >= 0.6 is 0 Å². The van der Waals surface area contributed by atoms with E-state index in [1.165, 1.54) is 0 Å². The van der Waals surface area contributed by atoms with Crippen LogP contribution in [-0.4, -0.2) is 46.0 Å². The van der Waals surface area contributed by atoms with Gasteiger partial charge in [0, 0.05) is 5.92 Å². The molecule has 1 aliphatic rings. The number of benzene rings is 1. The van der Waals surface area contributed by atoms with Gasteiger partial charge in [-0.2, -0.15) is 0 Å². The fourth-order valence-electron chi connectivity index (χ4n) is 2.53. The van der Waals surface area contributed by atoms with Crippen molar-refractivity contribution < 1.29 is 24.6 Å². The molecule has 6 heteroatoms. The first-order chi connectivity index (χ1) is 9.47. The van der Waals surface area contributed by atoms with E-state index >= 15 is 0 Å². The molecule has 1 amide bonds. The van der Waals surface area contributed by atoms with Crippen LogP contribution in [0.25, 0.3) is 0 Å². The zero-order chi connectivity index (χ0) is 14.7. The van der Waals surface area contributed by atoms with Gasteiger partial charge in [0.1, 0.15) is 13.1 Å². The van der Waals surface area contributed by atoms with Gasteiger partial charge in [-0.25, -0.2) is 0 Å². The molecular formula is C14H15NO5. The average molecular weight is 277 g/mol. The van der Waals surface area contributed by atoms with Gasteiger partial charge in [0.2, 0.25) is 5.91 Å². The minimum atomic E-state index is -1.21. The van der Waals surface area contributed by atoms with Gasteiger partial charge in [-0.15, -0.1) is 0 Å². The summed E-state index contributed by atoms with van der Waals surface area (Å²) in [5, 5.41) is 17.6. The van der Waals surface area contributed by atoms with Gasteiger partial charge in [-0.1, -0.05) is 24.3 Å². The molecular weight excluding hydrogens is 262 g/mol. The molecule has 20 heavy (non-hydrogen) atoms. The standard InChI is InChI=1S/C14H15NO5/c16-12(17)7-15(8-13(18)19)14(20)11-5-9-3-1-2-4-10(9)6-11/h1-4,11H,5-8H2,(H,16,17)(H,18,19). The molecule has 2 rings (SSSR count).